The van der Waals surface area contributed by atoms with E-state index in [9.17, 15) is 25.0 Å². The first-order valence-corrected chi connectivity index (χ1v) is 7.88. The van der Waals surface area contributed by atoms with Crippen molar-refractivity contribution in [1.82, 2.24) is 0 Å². The Morgan fingerprint density at radius 3 is 2.12 bits per heavy atom. The molecule has 1 aromatic rings. The average Bonchev–Trinajstić information content (AvgIpc) is 2.58. The van der Waals surface area contributed by atoms with Crippen LogP contribution in [0.3, 0.4) is 0 Å². The Bertz CT molecular complexity index is 643. The second-order valence-corrected chi connectivity index (χ2v) is 5.29. The third kappa shape index (κ3) is 5.30. The molecule has 0 fully saturated rings. The molecule has 10 heteroatoms. The molecule has 0 saturated carbocycles. The van der Waals surface area contributed by atoms with Crippen LogP contribution >= 0.6 is 0 Å². The molecule has 0 amide bonds. The first kappa shape index (κ1) is 20.1. The van der Waals surface area contributed by atoms with Gasteiger partial charge in [-0.2, -0.15) is 0 Å². The van der Waals surface area contributed by atoms with Gasteiger partial charge in [0.15, 0.2) is 0 Å². The summed E-state index contributed by atoms with van der Waals surface area (Å²) in [6.45, 7) is 4.74. The number of esters is 1. The summed E-state index contributed by atoms with van der Waals surface area (Å²) in [5.41, 5.74) is -0.482. The highest BCUT2D eigenvalue weighted by atomic mass is 16.6. The maximum Gasteiger partial charge on any atom is 0.325 e. The summed E-state index contributed by atoms with van der Waals surface area (Å²) in [4.78, 5) is 34.4. The second-order valence-electron chi connectivity index (χ2n) is 5.29. The predicted octanol–water partition coefficient (Wildman–Crippen LogP) is 2.71. The van der Waals surface area contributed by atoms with E-state index in [1.807, 2.05) is 18.7 Å². The molecule has 0 atom stereocenters. The van der Waals surface area contributed by atoms with Crippen molar-refractivity contribution in [1.29, 1.82) is 0 Å². The highest BCUT2D eigenvalue weighted by Crippen LogP contribution is 2.38. The number of carbonyl (C=O) groups is 1. The normalized spacial score (nSPS) is 10.2. The highest BCUT2D eigenvalue weighted by molar-refractivity contribution is 5.81. The number of rotatable bonds is 10. The van der Waals surface area contributed by atoms with Gasteiger partial charge in [0.05, 0.1) is 23.0 Å². The van der Waals surface area contributed by atoms with E-state index in [4.69, 9.17) is 0 Å². The second kappa shape index (κ2) is 9.40. The fourth-order valence-corrected chi connectivity index (χ4v) is 2.39. The van der Waals surface area contributed by atoms with Gasteiger partial charge in [0.1, 0.15) is 17.9 Å². The minimum absolute atomic E-state index is 0.0354. The van der Waals surface area contributed by atoms with Gasteiger partial charge in [-0.15, -0.1) is 0 Å². The van der Waals surface area contributed by atoms with Crippen LogP contribution in [0.2, 0.25) is 0 Å². The molecule has 1 N–H and O–H groups in total. The lowest BCUT2D eigenvalue weighted by Crippen LogP contribution is -2.26. The standard InChI is InChI=1S/C15H22N4O6/c1-4-6-17(7-5-2)13-8-11(16-10-15(20)25-3)12(18(21)22)9-14(13)19(23)24/h8-9,16H,4-7,10H2,1-3H3. The van der Waals surface area contributed by atoms with Crippen molar-refractivity contribution in [2.75, 3.05) is 37.0 Å². The van der Waals surface area contributed by atoms with Gasteiger partial charge >= 0.3 is 5.97 Å². The van der Waals surface area contributed by atoms with Gasteiger partial charge in [0, 0.05) is 13.1 Å². The van der Waals surface area contributed by atoms with Gasteiger partial charge in [-0.05, 0) is 18.9 Å². The molecule has 0 unspecified atom stereocenters. The number of benzene rings is 1. The van der Waals surface area contributed by atoms with Crippen LogP contribution in [0, 0.1) is 20.2 Å². The summed E-state index contributed by atoms with van der Waals surface area (Å²) in [5.74, 6) is -0.604. The maximum atomic E-state index is 11.4. The number of methoxy groups -OCH3 is 1. The lowest BCUT2D eigenvalue weighted by Gasteiger charge is -2.24. The van der Waals surface area contributed by atoms with Crippen molar-refractivity contribution in [3.63, 3.8) is 0 Å². The summed E-state index contributed by atoms with van der Waals surface area (Å²) in [7, 11) is 1.20. The van der Waals surface area contributed by atoms with Crippen molar-refractivity contribution in [3.05, 3.63) is 32.4 Å². The summed E-state index contributed by atoms with van der Waals surface area (Å²) in [6.07, 6.45) is 1.53. The Hall–Kier alpha value is -2.91. The van der Waals surface area contributed by atoms with Gasteiger partial charge in [0.2, 0.25) is 0 Å². The van der Waals surface area contributed by atoms with E-state index >= 15 is 0 Å². The first-order valence-electron chi connectivity index (χ1n) is 7.88. The molecule has 0 saturated heterocycles. The van der Waals surface area contributed by atoms with Crippen LogP contribution in [0.4, 0.5) is 22.7 Å². The largest absolute Gasteiger partial charge is 0.468 e. The van der Waals surface area contributed by atoms with E-state index in [0.717, 1.165) is 18.9 Å². The number of ether oxygens (including phenoxy) is 1. The highest BCUT2D eigenvalue weighted by Gasteiger charge is 2.27. The van der Waals surface area contributed by atoms with Crippen LogP contribution < -0.4 is 10.2 Å². The monoisotopic (exact) mass is 354 g/mol. The van der Waals surface area contributed by atoms with Crippen LogP contribution in [0.15, 0.2) is 12.1 Å². The van der Waals surface area contributed by atoms with Crippen molar-refractivity contribution in [3.8, 4) is 0 Å². The molecule has 0 aromatic heterocycles. The molecular weight excluding hydrogens is 332 g/mol. The van der Waals surface area contributed by atoms with Crippen molar-refractivity contribution >= 4 is 28.7 Å². The minimum atomic E-state index is -0.722. The molecule has 0 radical (unpaired) electrons. The van der Waals surface area contributed by atoms with E-state index in [1.54, 1.807) is 0 Å². The first-order chi connectivity index (χ1) is 11.8. The van der Waals surface area contributed by atoms with Crippen LogP contribution in [0.1, 0.15) is 26.7 Å². The molecule has 10 nitrogen and oxygen atoms in total. The molecule has 0 heterocycles. The fraction of sp³-hybridized carbons (Fsp3) is 0.533. The summed E-state index contributed by atoms with van der Waals surface area (Å²) >= 11 is 0. The molecule has 0 aliphatic carbocycles. The topological polar surface area (TPSA) is 128 Å². The summed E-state index contributed by atoms with van der Waals surface area (Å²) < 4.78 is 4.50. The zero-order valence-electron chi connectivity index (χ0n) is 14.5. The van der Waals surface area contributed by atoms with E-state index < -0.39 is 21.5 Å². The van der Waals surface area contributed by atoms with Crippen LogP contribution in [-0.4, -0.2) is 42.6 Å². The number of nitrogens with one attached hydrogen (secondary N) is 1. The van der Waals surface area contributed by atoms with E-state index in [-0.39, 0.29) is 23.6 Å². The Morgan fingerprint density at radius 1 is 1.12 bits per heavy atom. The number of hydrogen-bond donors (Lipinski definition) is 1. The number of nitro groups is 2. The Kier molecular flexibility index (Phi) is 7.57. The van der Waals surface area contributed by atoms with Gasteiger partial charge in [-0.25, -0.2) is 0 Å². The molecule has 0 aliphatic heterocycles. The van der Waals surface area contributed by atoms with E-state index in [0.29, 0.717) is 13.1 Å². The Morgan fingerprint density at radius 2 is 1.68 bits per heavy atom. The fourth-order valence-electron chi connectivity index (χ4n) is 2.39. The lowest BCUT2D eigenvalue weighted by atomic mass is 10.1. The van der Waals surface area contributed by atoms with Crippen molar-refractivity contribution in [2.45, 2.75) is 26.7 Å². The molecule has 138 valence electrons. The quantitative estimate of drug-likeness (QED) is 0.386. The minimum Gasteiger partial charge on any atom is -0.468 e. The Balaban J connectivity index is 3.43. The molecule has 1 rings (SSSR count). The zero-order chi connectivity index (χ0) is 19.0. The number of nitro benzene ring substituents is 2. The van der Waals surface area contributed by atoms with Crippen LogP contribution in [0.25, 0.3) is 0 Å². The van der Waals surface area contributed by atoms with Crippen molar-refractivity contribution in [2.24, 2.45) is 0 Å². The van der Waals surface area contributed by atoms with Gasteiger partial charge in [-0.3, -0.25) is 25.0 Å². The van der Waals surface area contributed by atoms with Gasteiger partial charge in [0.25, 0.3) is 11.4 Å². The average molecular weight is 354 g/mol. The zero-order valence-corrected chi connectivity index (χ0v) is 14.5. The third-order valence-corrected chi connectivity index (χ3v) is 3.46. The van der Waals surface area contributed by atoms with Gasteiger partial charge < -0.3 is 15.0 Å². The SMILES string of the molecule is CCCN(CCC)c1cc(NCC(=O)OC)c([N+](=O)[O-])cc1[N+](=O)[O-]. The number of carbonyl (C=O) groups excluding carboxylic acids is 1. The smallest absolute Gasteiger partial charge is 0.325 e. The Labute approximate surface area is 145 Å². The molecule has 0 aliphatic rings. The summed E-state index contributed by atoms with van der Waals surface area (Å²) in [5, 5.41) is 25.3. The third-order valence-electron chi connectivity index (χ3n) is 3.46. The number of hydrogen-bond acceptors (Lipinski definition) is 8. The predicted molar refractivity (Wildman–Crippen MR) is 93.1 cm³/mol. The molecule has 1 aromatic carbocycles. The van der Waals surface area contributed by atoms with E-state index in [1.165, 1.54) is 13.2 Å². The lowest BCUT2D eigenvalue weighted by molar-refractivity contribution is -0.393. The molecule has 25 heavy (non-hydrogen) atoms. The molecule has 0 spiro atoms. The number of anilines is 2. The summed E-state index contributed by atoms with van der Waals surface area (Å²) in [6, 6.07) is 2.28. The number of nitrogens with zero attached hydrogens (tertiary/aromatic N) is 3. The van der Waals surface area contributed by atoms with Crippen LogP contribution in [0.5, 0.6) is 0 Å². The van der Waals surface area contributed by atoms with E-state index in [2.05, 4.69) is 10.1 Å². The van der Waals surface area contributed by atoms with Crippen molar-refractivity contribution < 1.29 is 19.4 Å². The van der Waals surface area contributed by atoms with Gasteiger partial charge in [-0.1, -0.05) is 13.8 Å². The maximum absolute atomic E-state index is 11.4. The molecular formula is C15H22N4O6. The van der Waals surface area contributed by atoms with Crippen LogP contribution in [-0.2, 0) is 9.53 Å². The molecule has 0 bridgehead atoms.